The summed E-state index contributed by atoms with van der Waals surface area (Å²) < 4.78 is 23.5. The number of anilines is 2. The van der Waals surface area contributed by atoms with Crippen molar-refractivity contribution in [3.63, 3.8) is 0 Å². The van der Waals surface area contributed by atoms with Crippen LogP contribution in [0.4, 0.5) is 11.5 Å². The number of sulfone groups is 1. The number of nitrogens with one attached hydrogen (secondary N) is 1. The maximum atomic E-state index is 11.7. The van der Waals surface area contributed by atoms with Gasteiger partial charge < -0.3 is 14.8 Å². The Morgan fingerprint density at radius 1 is 1.10 bits per heavy atom. The zero-order valence-electron chi connectivity index (χ0n) is 16.7. The molecule has 2 aliphatic heterocycles. The summed E-state index contributed by atoms with van der Waals surface area (Å²) in [4.78, 5) is 17.2. The lowest BCUT2D eigenvalue weighted by Gasteiger charge is -2.42. The molecular weight excluding hydrogens is 386 g/mol. The molecule has 29 heavy (non-hydrogen) atoms. The minimum absolute atomic E-state index is 0.154. The van der Waals surface area contributed by atoms with Gasteiger partial charge in [0.1, 0.15) is 17.8 Å². The average Bonchev–Trinajstić information content (AvgIpc) is 3.30. The van der Waals surface area contributed by atoms with Crippen LogP contribution in [0.1, 0.15) is 13.3 Å². The molecule has 0 bridgehead atoms. The Morgan fingerprint density at radius 3 is 2.62 bits per heavy atom. The normalized spacial score (nSPS) is 24.8. The molecule has 2 aromatic heterocycles. The van der Waals surface area contributed by atoms with Crippen molar-refractivity contribution in [1.82, 2.24) is 15.0 Å². The van der Waals surface area contributed by atoms with Gasteiger partial charge in [-0.05, 0) is 42.7 Å². The minimum atomic E-state index is -3.17. The summed E-state index contributed by atoms with van der Waals surface area (Å²) >= 11 is 0. The Balaban J connectivity index is 1.38. The molecule has 8 heteroatoms. The smallest absolute Gasteiger partial charge is 0.175 e. The molecule has 2 fully saturated rings. The fourth-order valence-electron chi connectivity index (χ4n) is 4.95. The van der Waals surface area contributed by atoms with Crippen molar-refractivity contribution in [3.05, 3.63) is 42.9 Å². The summed E-state index contributed by atoms with van der Waals surface area (Å²) in [6, 6.07) is 9.34. The lowest BCUT2D eigenvalue weighted by atomic mass is 9.75. The first-order valence-corrected chi connectivity index (χ1v) is 11.8. The number of fused-ring (bicyclic) bond motifs is 2. The van der Waals surface area contributed by atoms with Crippen molar-refractivity contribution >= 4 is 32.4 Å². The molecule has 0 aliphatic carbocycles. The van der Waals surface area contributed by atoms with Crippen LogP contribution in [0.5, 0.6) is 0 Å². The molecule has 2 atom stereocenters. The molecule has 0 amide bonds. The minimum Gasteiger partial charge on any atom is -0.371 e. The third-order valence-electron chi connectivity index (χ3n) is 6.54. The third kappa shape index (κ3) is 3.15. The predicted octanol–water partition coefficient (Wildman–Crippen LogP) is 2.71. The van der Waals surface area contributed by atoms with Crippen LogP contribution in [-0.4, -0.2) is 55.8 Å². The summed E-state index contributed by atoms with van der Waals surface area (Å²) in [7, 11) is -3.17. The molecule has 0 spiro atoms. The first-order chi connectivity index (χ1) is 13.8. The molecule has 4 heterocycles. The van der Waals surface area contributed by atoms with Gasteiger partial charge in [0.05, 0.1) is 10.3 Å². The second kappa shape index (κ2) is 6.45. The molecule has 3 aromatic rings. The van der Waals surface area contributed by atoms with Crippen LogP contribution in [0, 0.1) is 11.3 Å². The number of hydrogen-bond acceptors (Lipinski definition) is 6. The summed E-state index contributed by atoms with van der Waals surface area (Å²) in [5, 5.41) is 1.07. The Morgan fingerprint density at radius 2 is 1.86 bits per heavy atom. The van der Waals surface area contributed by atoms with E-state index in [2.05, 4.69) is 31.7 Å². The molecule has 2 aliphatic rings. The second-order valence-electron chi connectivity index (χ2n) is 8.65. The molecule has 0 unspecified atom stereocenters. The SMILES string of the molecule is C[C@]12CN(c3ccc(S(C)(=O)=O)cc3)C[C@H]1CCN(c1ncnc3[nH]ccc13)C2. The lowest BCUT2D eigenvalue weighted by Crippen LogP contribution is -2.47. The first-order valence-electron chi connectivity index (χ1n) is 9.92. The zero-order valence-corrected chi connectivity index (χ0v) is 17.5. The fraction of sp³-hybridized carbons (Fsp3) is 0.429. The maximum absolute atomic E-state index is 11.7. The summed E-state index contributed by atoms with van der Waals surface area (Å²) in [6.45, 7) is 6.26. The highest BCUT2D eigenvalue weighted by Gasteiger charge is 2.47. The van der Waals surface area contributed by atoms with Gasteiger partial charge in [0.15, 0.2) is 9.84 Å². The maximum Gasteiger partial charge on any atom is 0.175 e. The molecule has 7 nitrogen and oxygen atoms in total. The standard InChI is InChI=1S/C21H25N5O2S/c1-21-12-25(20-18-7-9-22-19(18)23-14-24-20)10-8-15(21)11-26(13-21)16-3-5-17(6-4-16)29(2,27)28/h3-7,9,14-15H,8,10-13H2,1-2H3,(H,22,23,24)/t15-,21+/m1/s1. The van der Waals surface area contributed by atoms with Gasteiger partial charge in [0.25, 0.3) is 0 Å². The Kier molecular flexibility index (Phi) is 4.10. The number of nitrogens with zero attached hydrogens (tertiary/aromatic N) is 4. The first kappa shape index (κ1) is 18.4. The van der Waals surface area contributed by atoms with Gasteiger partial charge in [-0.3, -0.25) is 0 Å². The van der Waals surface area contributed by atoms with Crippen molar-refractivity contribution < 1.29 is 8.42 Å². The zero-order chi connectivity index (χ0) is 20.2. The van der Waals surface area contributed by atoms with Crippen LogP contribution in [0.25, 0.3) is 11.0 Å². The Bertz CT molecular complexity index is 1160. The summed E-state index contributed by atoms with van der Waals surface area (Å²) in [6.07, 6.45) is 5.91. The van der Waals surface area contributed by atoms with Crippen LogP contribution >= 0.6 is 0 Å². The van der Waals surface area contributed by atoms with Crippen LogP contribution in [-0.2, 0) is 9.84 Å². The molecule has 0 saturated carbocycles. The number of benzene rings is 1. The topological polar surface area (TPSA) is 82.2 Å². The van der Waals surface area contributed by atoms with Gasteiger partial charge in [-0.1, -0.05) is 6.92 Å². The van der Waals surface area contributed by atoms with E-state index in [-0.39, 0.29) is 5.41 Å². The van der Waals surface area contributed by atoms with Crippen molar-refractivity contribution in [3.8, 4) is 0 Å². The number of piperidine rings is 1. The number of hydrogen-bond donors (Lipinski definition) is 1. The van der Waals surface area contributed by atoms with Crippen LogP contribution in [0.15, 0.2) is 47.8 Å². The molecule has 5 rings (SSSR count). The van der Waals surface area contributed by atoms with Gasteiger partial charge in [0.2, 0.25) is 0 Å². The number of H-pyrrole nitrogens is 1. The van der Waals surface area contributed by atoms with Crippen LogP contribution in [0.2, 0.25) is 0 Å². The van der Waals surface area contributed by atoms with Gasteiger partial charge in [0, 0.05) is 49.7 Å². The molecule has 152 valence electrons. The molecule has 0 radical (unpaired) electrons. The number of rotatable bonds is 3. The van der Waals surface area contributed by atoms with Crippen molar-refractivity contribution in [2.45, 2.75) is 18.2 Å². The summed E-state index contributed by atoms with van der Waals surface area (Å²) in [5.41, 5.74) is 2.12. The van der Waals surface area contributed by atoms with E-state index in [0.29, 0.717) is 10.8 Å². The summed E-state index contributed by atoms with van der Waals surface area (Å²) in [5.74, 6) is 1.61. The highest BCUT2D eigenvalue weighted by atomic mass is 32.2. The van der Waals surface area contributed by atoms with Gasteiger partial charge >= 0.3 is 0 Å². The molecule has 1 aromatic carbocycles. The van der Waals surface area contributed by atoms with Crippen molar-refractivity contribution in [2.24, 2.45) is 11.3 Å². The van der Waals surface area contributed by atoms with E-state index in [0.717, 1.165) is 55.1 Å². The van der Waals surface area contributed by atoms with E-state index < -0.39 is 9.84 Å². The monoisotopic (exact) mass is 411 g/mol. The van der Waals surface area contributed by atoms with E-state index in [1.807, 2.05) is 24.4 Å². The third-order valence-corrected chi connectivity index (χ3v) is 7.67. The van der Waals surface area contributed by atoms with Crippen molar-refractivity contribution in [1.29, 1.82) is 0 Å². The molecule has 1 N–H and O–H groups in total. The highest BCUT2D eigenvalue weighted by Crippen LogP contribution is 2.44. The van der Waals surface area contributed by atoms with E-state index >= 15 is 0 Å². The van der Waals surface area contributed by atoms with E-state index in [4.69, 9.17) is 0 Å². The van der Waals surface area contributed by atoms with E-state index in [1.54, 1.807) is 18.5 Å². The Labute approximate surface area is 170 Å². The number of aromatic nitrogens is 3. The fourth-order valence-corrected chi connectivity index (χ4v) is 5.58. The van der Waals surface area contributed by atoms with Crippen LogP contribution < -0.4 is 9.80 Å². The van der Waals surface area contributed by atoms with Gasteiger partial charge in [-0.2, -0.15) is 0 Å². The highest BCUT2D eigenvalue weighted by molar-refractivity contribution is 7.90. The van der Waals surface area contributed by atoms with Gasteiger partial charge in [-0.15, -0.1) is 0 Å². The number of aromatic amines is 1. The predicted molar refractivity (Wildman–Crippen MR) is 114 cm³/mol. The largest absolute Gasteiger partial charge is 0.371 e. The van der Waals surface area contributed by atoms with Crippen LogP contribution in [0.3, 0.4) is 0 Å². The van der Waals surface area contributed by atoms with E-state index in [1.165, 1.54) is 6.26 Å². The van der Waals surface area contributed by atoms with E-state index in [9.17, 15) is 8.42 Å². The molecular formula is C21H25N5O2S. The second-order valence-corrected chi connectivity index (χ2v) is 10.7. The molecule has 2 saturated heterocycles. The average molecular weight is 412 g/mol. The quantitative estimate of drug-likeness (QED) is 0.714. The van der Waals surface area contributed by atoms with Gasteiger partial charge in [-0.25, -0.2) is 18.4 Å². The lowest BCUT2D eigenvalue weighted by molar-refractivity contribution is 0.216. The van der Waals surface area contributed by atoms with Crippen molar-refractivity contribution in [2.75, 3.05) is 42.2 Å². The Hall–Kier alpha value is -2.61.